The fraction of sp³-hybridized carbons (Fsp3) is 0.200. The molecule has 0 saturated carbocycles. The molecule has 2 nitrogen and oxygen atoms in total. The topological polar surface area (TPSA) is 35.2 Å². The van der Waals surface area contributed by atoms with Crippen molar-refractivity contribution in [3.05, 3.63) is 36.9 Å². The van der Waals surface area contributed by atoms with E-state index in [4.69, 9.17) is 10.5 Å². The molecule has 2 N–H and O–H groups in total. The van der Waals surface area contributed by atoms with Crippen LogP contribution in [0, 0.1) is 0 Å². The van der Waals surface area contributed by atoms with Crippen LogP contribution in [0.3, 0.4) is 0 Å². The van der Waals surface area contributed by atoms with Crippen LogP contribution in [0.5, 0.6) is 5.75 Å². The second kappa shape index (κ2) is 3.81. The average Bonchev–Trinajstić information content (AvgIpc) is 2.09. The highest BCUT2D eigenvalue weighted by atomic mass is 16.5. The van der Waals surface area contributed by atoms with Gasteiger partial charge in [-0.3, -0.25) is 0 Å². The Kier molecular flexibility index (Phi) is 2.75. The molecule has 0 spiro atoms. The lowest BCUT2D eigenvalue weighted by Crippen LogP contribution is -2.08. The molecule has 0 bridgehead atoms. The number of anilines is 1. The number of hydrogen-bond acceptors (Lipinski definition) is 2. The fourth-order valence-corrected chi connectivity index (χ4v) is 0.836. The van der Waals surface area contributed by atoms with E-state index in [-0.39, 0.29) is 6.10 Å². The number of para-hydroxylation sites is 2. The third kappa shape index (κ3) is 2.02. The van der Waals surface area contributed by atoms with Crippen LogP contribution in [-0.2, 0) is 0 Å². The maximum Gasteiger partial charge on any atom is 0.143 e. The number of hydrogen-bond donors (Lipinski definition) is 1. The van der Waals surface area contributed by atoms with Crippen molar-refractivity contribution in [1.82, 2.24) is 0 Å². The Morgan fingerprint density at radius 3 is 2.75 bits per heavy atom. The molecule has 0 aliphatic heterocycles. The van der Waals surface area contributed by atoms with Gasteiger partial charge in [-0.25, -0.2) is 0 Å². The zero-order valence-corrected chi connectivity index (χ0v) is 7.16. The first-order valence-corrected chi connectivity index (χ1v) is 3.87. The summed E-state index contributed by atoms with van der Waals surface area (Å²) in [5.41, 5.74) is 6.32. The van der Waals surface area contributed by atoms with Crippen LogP contribution in [0.25, 0.3) is 0 Å². The van der Waals surface area contributed by atoms with Gasteiger partial charge in [0.25, 0.3) is 0 Å². The molecule has 0 aliphatic rings. The first kappa shape index (κ1) is 8.65. The molecule has 1 atom stereocenters. The highest BCUT2D eigenvalue weighted by Gasteiger charge is 2.00. The van der Waals surface area contributed by atoms with Crippen molar-refractivity contribution in [3.8, 4) is 5.75 Å². The van der Waals surface area contributed by atoms with E-state index < -0.39 is 0 Å². The van der Waals surface area contributed by atoms with E-state index >= 15 is 0 Å². The van der Waals surface area contributed by atoms with Gasteiger partial charge >= 0.3 is 0 Å². The van der Waals surface area contributed by atoms with E-state index in [9.17, 15) is 0 Å². The van der Waals surface area contributed by atoms with E-state index in [0.717, 1.165) is 0 Å². The van der Waals surface area contributed by atoms with Crippen molar-refractivity contribution < 1.29 is 4.74 Å². The molecule has 1 rings (SSSR count). The summed E-state index contributed by atoms with van der Waals surface area (Å²) in [7, 11) is 0. The number of rotatable bonds is 3. The van der Waals surface area contributed by atoms with Crippen LogP contribution < -0.4 is 10.5 Å². The predicted octanol–water partition coefficient (Wildman–Crippen LogP) is 2.22. The molecule has 64 valence electrons. The van der Waals surface area contributed by atoms with E-state index in [1.165, 1.54) is 0 Å². The highest BCUT2D eigenvalue weighted by molar-refractivity contribution is 5.51. The Morgan fingerprint density at radius 2 is 2.17 bits per heavy atom. The lowest BCUT2D eigenvalue weighted by molar-refractivity contribution is 0.272. The number of nitrogen functional groups attached to an aromatic ring is 1. The molecule has 1 aromatic rings. The molecule has 1 aromatic carbocycles. The molecular weight excluding hydrogens is 150 g/mol. The molecule has 0 amide bonds. The molecule has 0 aromatic heterocycles. The number of nitrogens with two attached hydrogens (primary N) is 1. The molecular formula is C10H13NO. The van der Waals surface area contributed by atoms with Crippen LogP contribution in [0.4, 0.5) is 5.69 Å². The SMILES string of the molecule is C=C[C@H](C)Oc1ccccc1N. The van der Waals surface area contributed by atoms with Gasteiger partial charge < -0.3 is 10.5 Å². The lowest BCUT2D eigenvalue weighted by atomic mass is 10.3. The second-order valence-electron chi connectivity index (χ2n) is 2.60. The summed E-state index contributed by atoms with van der Waals surface area (Å²) in [5.74, 6) is 0.713. The Hall–Kier alpha value is -1.44. The van der Waals surface area contributed by atoms with Gasteiger partial charge in [-0.05, 0) is 19.1 Å². The van der Waals surface area contributed by atoms with Crippen molar-refractivity contribution in [1.29, 1.82) is 0 Å². The smallest absolute Gasteiger partial charge is 0.143 e. The van der Waals surface area contributed by atoms with Gasteiger partial charge in [-0.2, -0.15) is 0 Å². The minimum Gasteiger partial charge on any atom is -0.485 e. The first-order chi connectivity index (χ1) is 5.74. The Bertz CT molecular complexity index is 270. The van der Waals surface area contributed by atoms with Crippen LogP contribution in [-0.4, -0.2) is 6.10 Å². The number of benzene rings is 1. The van der Waals surface area contributed by atoms with Crippen LogP contribution >= 0.6 is 0 Å². The molecule has 0 unspecified atom stereocenters. The monoisotopic (exact) mass is 163 g/mol. The molecule has 2 heteroatoms. The van der Waals surface area contributed by atoms with Crippen molar-refractivity contribution >= 4 is 5.69 Å². The van der Waals surface area contributed by atoms with E-state index in [1.807, 2.05) is 31.2 Å². The Balaban J connectivity index is 2.75. The minimum absolute atomic E-state index is 0.00491. The second-order valence-corrected chi connectivity index (χ2v) is 2.60. The average molecular weight is 163 g/mol. The largest absolute Gasteiger partial charge is 0.485 e. The van der Waals surface area contributed by atoms with E-state index in [2.05, 4.69) is 6.58 Å². The van der Waals surface area contributed by atoms with Gasteiger partial charge in [0.15, 0.2) is 0 Å². The van der Waals surface area contributed by atoms with Gasteiger partial charge in [0.05, 0.1) is 5.69 Å². The highest BCUT2D eigenvalue weighted by Crippen LogP contribution is 2.20. The maximum atomic E-state index is 5.66. The van der Waals surface area contributed by atoms with Crippen LogP contribution in [0.2, 0.25) is 0 Å². The summed E-state index contributed by atoms with van der Waals surface area (Å²) in [6, 6.07) is 7.42. The quantitative estimate of drug-likeness (QED) is 0.547. The van der Waals surface area contributed by atoms with Crippen LogP contribution in [0.1, 0.15) is 6.92 Å². The van der Waals surface area contributed by atoms with Gasteiger partial charge in [-0.15, -0.1) is 0 Å². The molecule has 12 heavy (non-hydrogen) atoms. The van der Waals surface area contributed by atoms with Gasteiger partial charge in [0.1, 0.15) is 11.9 Å². The van der Waals surface area contributed by atoms with E-state index in [1.54, 1.807) is 6.08 Å². The molecule has 0 radical (unpaired) electrons. The van der Waals surface area contributed by atoms with E-state index in [0.29, 0.717) is 11.4 Å². The first-order valence-electron chi connectivity index (χ1n) is 3.87. The third-order valence-corrected chi connectivity index (χ3v) is 1.56. The van der Waals surface area contributed by atoms with Gasteiger partial charge in [0.2, 0.25) is 0 Å². The molecule has 0 heterocycles. The summed E-state index contributed by atoms with van der Waals surface area (Å²) >= 11 is 0. The van der Waals surface area contributed by atoms with Gasteiger partial charge in [-0.1, -0.05) is 24.8 Å². The predicted molar refractivity (Wildman–Crippen MR) is 51.1 cm³/mol. The lowest BCUT2D eigenvalue weighted by Gasteiger charge is -2.11. The molecule has 0 saturated heterocycles. The third-order valence-electron chi connectivity index (χ3n) is 1.56. The Morgan fingerprint density at radius 1 is 1.50 bits per heavy atom. The summed E-state index contributed by atoms with van der Waals surface area (Å²) < 4.78 is 5.45. The maximum absolute atomic E-state index is 5.66. The zero-order chi connectivity index (χ0) is 8.97. The molecule has 0 aliphatic carbocycles. The van der Waals surface area contributed by atoms with Crippen LogP contribution in [0.15, 0.2) is 36.9 Å². The summed E-state index contributed by atoms with van der Waals surface area (Å²) in [6.45, 7) is 5.54. The molecule has 0 fully saturated rings. The fourth-order valence-electron chi connectivity index (χ4n) is 0.836. The zero-order valence-electron chi connectivity index (χ0n) is 7.16. The van der Waals surface area contributed by atoms with Gasteiger partial charge in [0, 0.05) is 0 Å². The Labute approximate surface area is 72.7 Å². The minimum atomic E-state index is -0.00491. The van der Waals surface area contributed by atoms with Crippen molar-refractivity contribution in [2.75, 3.05) is 5.73 Å². The summed E-state index contributed by atoms with van der Waals surface area (Å²) in [6.07, 6.45) is 1.72. The summed E-state index contributed by atoms with van der Waals surface area (Å²) in [4.78, 5) is 0. The van der Waals surface area contributed by atoms with Crippen molar-refractivity contribution in [2.24, 2.45) is 0 Å². The number of ether oxygens (including phenoxy) is 1. The summed E-state index contributed by atoms with van der Waals surface area (Å²) in [5, 5.41) is 0. The van der Waals surface area contributed by atoms with Crippen molar-refractivity contribution in [3.63, 3.8) is 0 Å². The van der Waals surface area contributed by atoms with Crippen molar-refractivity contribution in [2.45, 2.75) is 13.0 Å². The normalized spacial score (nSPS) is 12.1. The standard InChI is InChI=1S/C10H13NO/c1-3-8(2)12-10-7-5-4-6-9(10)11/h3-8H,1,11H2,2H3/t8-/m0/s1.